The lowest BCUT2D eigenvalue weighted by molar-refractivity contribution is 0.183. The topological polar surface area (TPSA) is 58.4 Å². The molecule has 1 unspecified atom stereocenters. The molecule has 1 saturated heterocycles. The molecule has 4 rings (SSSR count). The van der Waals surface area contributed by atoms with Crippen molar-refractivity contribution in [2.24, 2.45) is 0 Å². The van der Waals surface area contributed by atoms with Gasteiger partial charge in [0.2, 0.25) is 0 Å². The molecular formula is C24H27N3O2. The average Bonchev–Trinajstić information content (AvgIpc) is 2.76. The molecule has 3 heterocycles. The molecule has 2 aromatic heterocycles. The van der Waals surface area contributed by atoms with Crippen molar-refractivity contribution in [2.75, 3.05) is 13.1 Å². The second kappa shape index (κ2) is 8.62. The van der Waals surface area contributed by atoms with Gasteiger partial charge in [-0.2, -0.15) is 0 Å². The zero-order valence-corrected chi connectivity index (χ0v) is 16.8. The third-order valence-electron chi connectivity index (χ3n) is 5.73. The van der Waals surface area contributed by atoms with Crippen molar-refractivity contribution in [3.63, 3.8) is 0 Å². The monoisotopic (exact) mass is 389 g/mol. The van der Waals surface area contributed by atoms with E-state index in [9.17, 15) is 9.90 Å². The van der Waals surface area contributed by atoms with Crippen molar-refractivity contribution in [3.05, 3.63) is 93.7 Å². The lowest BCUT2D eigenvalue weighted by Crippen LogP contribution is -2.38. The van der Waals surface area contributed by atoms with E-state index in [-0.39, 0.29) is 17.4 Å². The van der Waals surface area contributed by atoms with Crippen LogP contribution in [0.3, 0.4) is 0 Å². The predicted molar refractivity (Wildman–Crippen MR) is 114 cm³/mol. The van der Waals surface area contributed by atoms with E-state index in [1.807, 2.05) is 49.4 Å². The molecule has 1 aromatic carbocycles. The molecule has 0 bridgehead atoms. The molecule has 5 nitrogen and oxygen atoms in total. The average molecular weight is 389 g/mol. The highest BCUT2D eigenvalue weighted by molar-refractivity contribution is 5.41. The second-order valence-electron chi connectivity index (χ2n) is 7.75. The van der Waals surface area contributed by atoms with Crippen molar-refractivity contribution >= 4 is 0 Å². The van der Waals surface area contributed by atoms with Crippen LogP contribution in [-0.4, -0.2) is 32.6 Å². The molecule has 0 saturated carbocycles. The van der Waals surface area contributed by atoms with Gasteiger partial charge in [-0.25, -0.2) is 0 Å². The molecule has 0 radical (unpaired) electrons. The number of hydrogen-bond acceptors (Lipinski definition) is 4. The normalized spacial score (nSPS) is 15.9. The zero-order chi connectivity index (χ0) is 20.2. The highest BCUT2D eigenvalue weighted by Crippen LogP contribution is 2.34. The number of aryl methyl sites for hydroxylation is 1. The summed E-state index contributed by atoms with van der Waals surface area (Å²) in [5.41, 5.74) is 3.08. The van der Waals surface area contributed by atoms with E-state index in [1.165, 1.54) is 6.42 Å². The van der Waals surface area contributed by atoms with Crippen LogP contribution in [0, 0.1) is 6.92 Å². The van der Waals surface area contributed by atoms with E-state index in [1.54, 1.807) is 23.0 Å². The van der Waals surface area contributed by atoms with Crippen LogP contribution in [0.1, 0.15) is 47.7 Å². The van der Waals surface area contributed by atoms with Crippen LogP contribution in [0.5, 0.6) is 5.75 Å². The summed E-state index contributed by atoms with van der Waals surface area (Å²) in [5.74, 6) is 0.0781. The van der Waals surface area contributed by atoms with Crippen LogP contribution in [0.15, 0.2) is 65.7 Å². The minimum absolute atomic E-state index is 0.0781. The Balaban J connectivity index is 1.84. The molecule has 29 heavy (non-hydrogen) atoms. The Labute approximate surface area is 171 Å². The first-order valence-corrected chi connectivity index (χ1v) is 10.3. The van der Waals surface area contributed by atoms with Crippen molar-refractivity contribution in [1.29, 1.82) is 0 Å². The summed E-state index contributed by atoms with van der Waals surface area (Å²) < 4.78 is 1.74. The summed E-state index contributed by atoms with van der Waals surface area (Å²) in [4.78, 5) is 20.1. The number of rotatable bonds is 5. The number of pyridine rings is 2. The fraction of sp³-hybridized carbons (Fsp3) is 0.333. The van der Waals surface area contributed by atoms with Gasteiger partial charge in [-0.1, -0.05) is 42.8 Å². The van der Waals surface area contributed by atoms with Crippen LogP contribution in [0.25, 0.3) is 0 Å². The lowest BCUT2D eigenvalue weighted by atomic mass is 9.94. The van der Waals surface area contributed by atoms with Gasteiger partial charge in [0.15, 0.2) is 0 Å². The third kappa shape index (κ3) is 4.10. The van der Waals surface area contributed by atoms with Crippen LogP contribution in [-0.2, 0) is 6.54 Å². The first-order chi connectivity index (χ1) is 14.1. The maximum Gasteiger partial charge on any atom is 0.259 e. The Morgan fingerprint density at radius 1 is 1.07 bits per heavy atom. The van der Waals surface area contributed by atoms with E-state index in [4.69, 9.17) is 0 Å². The third-order valence-corrected chi connectivity index (χ3v) is 5.73. The highest BCUT2D eigenvalue weighted by Gasteiger charge is 2.29. The van der Waals surface area contributed by atoms with Crippen LogP contribution < -0.4 is 5.56 Å². The summed E-state index contributed by atoms with van der Waals surface area (Å²) in [6.07, 6.45) is 6.93. The molecule has 1 aliphatic heterocycles. The smallest absolute Gasteiger partial charge is 0.259 e. The van der Waals surface area contributed by atoms with Gasteiger partial charge in [0, 0.05) is 18.1 Å². The minimum atomic E-state index is -0.246. The molecule has 0 spiro atoms. The summed E-state index contributed by atoms with van der Waals surface area (Å²) >= 11 is 0. The van der Waals surface area contributed by atoms with E-state index in [2.05, 4.69) is 9.88 Å². The van der Waals surface area contributed by atoms with Crippen molar-refractivity contribution < 1.29 is 5.11 Å². The molecule has 1 fully saturated rings. The van der Waals surface area contributed by atoms with Crippen LogP contribution in [0.4, 0.5) is 0 Å². The first kappa shape index (κ1) is 19.4. The summed E-state index contributed by atoms with van der Waals surface area (Å²) in [7, 11) is 0. The zero-order valence-electron chi connectivity index (χ0n) is 16.8. The summed E-state index contributed by atoms with van der Waals surface area (Å²) in [5, 5.41) is 10.9. The Bertz CT molecular complexity index is 1010. The van der Waals surface area contributed by atoms with Crippen molar-refractivity contribution in [1.82, 2.24) is 14.5 Å². The van der Waals surface area contributed by atoms with Crippen LogP contribution >= 0.6 is 0 Å². The fourth-order valence-corrected chi connectivity index (χ4v) is 4.27. The number of aromatic nitrogens is 2. The number of piperidine rings is 1. The van der Waals surface area contributed by atoms with Crippen molar-refractivity contribution in [3.8, 4) is 5.75 Å². The summed E-state index contributed by atoms with van der Waals surface area (Å²) in [6.45, 7) is 4.15. The summed E-state index contributed by atoms with van der Waals surface area (Å²) in [6, 6.07) is 15.4. The lowest BCUT2D eigenvalue weighted by Gasteiger charge is -2.35. The molecule has 3 aromatic rings. The van der Waals surface area contributed by atoms with Gasteiger partial charge in [0.05, 0.1) is 18.2 Å². The standard InChI is InChI=1S/C24H27N3O2/c1-18-15-21(28)22(24(29)27(18)17-19-9-8-12-25-16-19)23(20-10-4-2-5-11-20)26-13-6-3-7-14-26/h2,4-5,8-12,15-16,23,28H,3,6-7,13-14,17H2,1H3. The molecule has 5 heteroatoms. The van der Waals surface area contributed by atoms with Gasteiger partial charge < -0.3 is 9.67 Å². The van der Waals surface area contributed by atoms with Gasteiger partial charge in [-0.15, -0.1) is 0 Å². The van der Waals surface area contributed by atoms with Gasteiger partial charge in [-0.3, -0.25) is 14.7 Å². The number of nitrogens with zero attached hydrogens (tertiary/aromatic N) is 3. The molecule has 1 N–H and O–H groups in total. The maximum absolute atomic E-state index is 13.6. The number of benzene rings is 1. The molecular weight excluding hydrogens is 362 g/mol. The van der Waals surface area contributed by atoms with E-state index in [0.717, 1.165) is 42.8 Å². The first-order valence-electron chi connectivity index (χ1n) is 10.3. The molecule has 150 valence electrons. The second-order valence-corrected chi connectivity index (χ2v) is 7.75. The molecule has 1 aliphatic rings. The maximum atomic E-state index is 13.6. The van der Waals surface area contributed by atoms with Gasteiger partial charge in [0.1, 0.15) is 5.75 Å². The molecule has 0 amide bonds. The Kier molecular flexibility index (Phi) is 5.76. The van der Waals surface area contributed by atoms with E-state index < -0.39 is 0 Å². The van der Waals surface area contributed by atoms with E-state index >= 15 is 0 Å². The number of aromatic hydroxyl groups is 1. The van der Waals surface area contributed by atoms with Gasteiger partial charge in [-0.05, 0) is 56.1 Å². The Morgan fingerprint density at radius 3 is 2.52 bits per heavy atom. The van der Waals surface area contributed by atoms with Crippen molar-refractivity contribution in [2.45, 2.75) is 38.8 Å². The quantitative estimate of drug-likeness (QED) is 0.719. The van der Waals surface area contributed by atoms with Gasteiger partial charge in [0.25, 0.3) is 5.56 Å². The predicted octanol–water partition coefficient (Wildman–Crippen LogP) is 3.88. The van der Waals surface area contributed by atoms with E-state index in [0.29, 0.717) is 12.1 Å². The minimum Gasteiger partial charge on any atom is -0.507 e. The van der Waals surface area contributed by atoms with Gasteiger partial charge >= 0.3 is 0 Å². The number of hydrogen-bond donors (Lipinski definition) is 1. The molecule has 0 aliphatic carbocycles. The largest absolute Gasteiger partial charge is 0.507 e. The number of likely N-dealkylation sites (tertiary alicyclic amines) is 1. The van der Waals surface area contributed by atoms with Crippen LogP contribution in [0.2, 0.25) is 0 Å². The Hall–Kier alpha value is -2.92. The highest BCUT2D eigenvalue weighted by atomic mass is 16.3. The molecule has 1 atom stereocenters. The fourth-order valence-electron chi connectivity index (χ4n) is 4.27. The SMILES string of the molecule is Cc1cc(O)c(C(c2ccccc2)N2CCCCC2)c(=O)n1Cc1cccnc1. The Morgan fingerprint density at radius 2 is 1.83 bits per heavy atom.